The number of nitrogens with one attached hydrogen (secondary N) is 2. The van der Waals surface area contributed by atoms with Crippen molar-refractivity contribution in [1.82, 2.24) is 9.97 Å². The highest BCUT2D eigenvalue weighted by molar-refractivity contribution is 6.51. The molecule has 0 saturated heterocycles. The lowest BCUT2D eigenvalue weighted by atomic mass is 9.86. The molecule has 1 aromatic carbocycles. The maximum Gasteiger partial charge on any atom is 0.552 e. The minimum Gasteiger partial charge on any atom is -0.532 e. The van der Waals surface area contributed by atoms with Gasteiger partial charge in [0.05, 0.1) is 12.0 Å². The van der Waals surface area contributed by atoms with E-state index >= 15 is 0 Å². The molecule has 1 aliphatic carbocycles. The van der Waals surface area contributed by atoms with Crippen LogP contribution in [0.15, 0.2) is 30.4 Å². The Morgan fingerprint density at radius 3 is 3.11 bits per heavy atom. The third-order valence-electron chi connectivity index (χ3n) is 4.93. The zero-order valence-electron chi connectivity index (χ0n) is 15.0. The Morgan fingerprint density at radius 2 is 2.26 bits per heavy atom. The van der Waals surface area contributed by atoms with Crippen LogP contribution < -0.4 is 15.3 Å². The number of benzene rings is 1. The first kappa shape index (κ1) is 17.4. The average Bonchev–Trinajstić information content (AvgIpc) is 3.12. The first-order valence-electron chi connectivity index (χ1n) is 9.06. The van der Waals surface area contributed by atoms with E-state index in [1.54, 1.807) is 18.2 Å². The lowest BCUT2D eigenvalue weighted by Gasteiger charge is -2.19. The van der Waals surface area contributed by atoms with E-state index < -0.39 is 7.12 Å². The predicted molar refractivity (Wildman–Crippen MR) is 104 cm³/mol. The lowest BCUT2D eigenvalue weighted by molar-refractivity contribution is 0.428. The number of anilines is 3. The molecule has 0 spiro atoms. The average molecular weight is 361 g/mol. The molecule has 136 valence electrons. The molecule has 1 aromatic heterocycles. The first-order valence-corrected chi connectivity index (χ1v) is 9.06. The molecule has 1 aliphatic heterocycles. The van der Waals surface area contributed by atoms with E-state index in [1.807, 2.05) is 25.1 Å². The van der Waals surface area contributed by atoms with Crippen molar-refractivity contribution in [2.75, 3.05) is 10.6 Å². The predicted octanol–water partition coefficient (Wildman–Crippen LogP) is 3.06. The summed E-state index contributed by atoms with van der Waals surface area (Å²) in [6.07, 6.45) is 6.56. The van der Waals surface area contributed by atoms with E-state index in [1.165, 1.54) is 0 Å². The highest BCUT2D eigenvalue weighted by Crippen LogP contribution is 2.30. The summed E-state index contributed by atoms with van der Waals surface area (Å²) >= 11 is 0. The van der Waals surface area contributed by atoms with E-state index in [9.17, 15) is 10.3 Å². The smallest absolute Gasteiger partial charge is 0.532 e. The molecule has 2 heterocycles. The standard InChI is InChI=1S/C19H20BN5O2/c1-12-11-22-19(25-18(12)24-16-4-2-3-14(16)10-21)23-15-5-6-17-13(9-15)7-8-20(26)27-17/h5-9,11,14,16,26H,2-4H2,1H3,(H2,22,23,24,25). The van der Waals surface area contributed by atoms with Gasteiger partial charge in [0.2, 0.25) is 5.95 Å². The monoisotopic (exact) mass is 361 g/mol. The van der Waals surface area contributed by atoms with Gasteiger partial charge in [0.15, 0.2) is 0 Å². The van der Waals surface area contributed by atoms with Crippen molar-refractivity contribution in [3.05, 3.63) is 41.5 Å². The van der Waals surface area contributed by atoms with Gasteiger partial charge < -0.3 is 20.3 Å². The maximum atomic E-state index is 9.50. The minimum absolute atomic E-state index is 0.0264. The van der Waals surface area contributed by atoms with Crippen LogP contribution in [-0.2, 0) is 0 Å². The number of hydrogen-bond acceptors (Lipinski definition) is 7. The summed E-state index contributed by atoms with van der Waals surface area (Å²) in [5.74, 6) is 3.48. The summed E-state index contributed by atoms with van der Waals surface area (Å²) in [6.45, 7) is 1.95. The second kappa shape index (κ2) is 7.29. The van der Waals surface area contributed by atoms with Gasteiger partial charge in [-0.1, -0.05) is 6.08 Å². The number of aromatic nitrogens is 2. The van der Waals surface area contributed by atoms with Gasteiger partial charge in [0.1, 0.15) is 11.6 Å². The summed E-state index contributed by atoms with van der Waals surface area (Å²) in [5, 5.41) is 25.4. The van der Waals surface area contributed by atoms with Crippen LogP contribution in [0, 0.1) is 24.2 Å². The molecule has 1 fully saturated rings. The largest absolute Gasteiger partial charge is 0.552 e. The normalized spacial score (nSPS) is 20.6. The molecule has 27 heavy (non-hydrogen) atoms. The number of fused-ring (bicyclic) bond motifs is 1. The van der Waals surface area contributed by atoms with Gasteiger partial charge in [-0.3, -0.25) is 0 Å². The fourth-order valence-corrected chi connectivity index (χ4v) is 3.46. The van der Waals surface area contributed by atoms with Gasteiger partial charge in [-0.25, -0.2) is 4.98 Å². The quantitative estimate of drug-likeness (QED) is 0.719. The third kappa shape index (κ3) is 3.73. The highest BCUT2D eigenvalue weighted by Gasteiger charge is 2.27. The Balaban J connectivity index is 1.52. The van der Waals surface area contributed by atoms with Crippen molar-refractivity contribution < 1.29 is 9.68 Å². The molecule has 1 saturated carbocycles. The number of nitriles is 1. The van der Waals surface area contributed by atoms with E-state index in [0.717, 1.165) is 41.9 Å². The summed E-state index contributed by atoms with van der Waals surface area (Å²) < 4.78 is 5.34. The van der Waals surface area contributed by atoms with Gasteiger partial charge in [0, 0.05) is 29.1 Å². The third-order valence-corrected chi connectivity index (χ3v) is 4.93. The Hall–Kier alpha value is -3.05. The van der Waals surface area contributed by atoms with Gasteiger partial charge >= 0.3 is 7.12 Å². The van der Waals surface area contributed by atoms with Gasteiger partial charge in [0.25, 0.3) is 0 Å². The Morgan fingerprint density at radius 1 is 1.37 bits per heavy atom. The van der Waals surface area contributed by atoms with Crippen molar-refractivity contribution in [2.24, 2.45) is 5.92 Å². The second-order valence-electron chi connectivity index (χ2n) is 6.89. The fourth-order valence-electron chi connectivity index (χ4n) is 3.46. The molecule has 7 nitrogen and oxygen atoms in total. The molecule has 0 amide bonds. The van der Waals surface area contributed by atoms with Crippen LogP contribution in [-0.4, -0.2) is 28.2 Å². The lowest BCUT2D eigenvalue weighted by Crippen LogP contribution is -2.24. The molecule has 4 rings (SSSR count). The zero-order valence-corrected chi connectivity index (χ0v) is 15.0. The fraction of sp³-hybridized carbons (Fsp3) is 0.316. The Bertz CT molecular complexity index is 927. The van der Waals surface area contributed by atoms with Gasteiger partial charge in [-0.15, -0.1) is 0 Å². The van der Waals surface area contributed by atoms with E-state index in [0.29, 0.717) is 11.7 Å². The summed E-state index contributed by atoms with van der Waals surface area (Å²) in [6, 6.07) is 8.08. The second-order valence-corrected chi connectivity index (χ2v) is 6.89. The summed E-state index contributed by atoms with van der Waals surface area (Å²) in [7, 11) is -0.904. The number of nitrogens with zero attached hydrogens (tertiary/aromatic N) is 3. The Labute approximate surface area is 158 Å². The minimum atomic E-state index is -0.904. The SMILES string of the molecule is Cc1cnc(Nc2ccc3c(c2)C=CB(O)O3)nc1NC1CCCC1C#N. The van der Waals surface area contributed by atoms with Crippen LogP contribution in [0.25, 0.3) is 6.08 Å². The van der Waals surface area contributed by atoms with Crippen molar-refractivity contribution in [2.45, 2.75) is 32.2 Å². The molecule has 0 radical (unpaired) electrons. The number of hydrogen-bond donors (Lipinski definition) is 3. The molecular formula is C19H20BN5O2. The van der Waals surface area contributed by atoms with Crippen molar-refractivity contribution in [3.63, 3.8) is 0 Å². The van der Waals surface area contributed by atoms with Crippen LogP contribution in [0.2, 0.25) is 0 Å². The topological polar surface area (TPSA) is 103 Å². The van der Waals surface area contributed by atoms with Crippen LogP contribution >= 0.6 is 0 Å². The molecule has 2 unspecified atom stereocenters. The molecule has 2 aromatic rings. The van der Waals surface area contributed by atoms with E-state index in [4.69, 9.17) is 4.65 Å². The molecule has 3 N–H and O–H groups in total. The maximum absolute atomic E-state index is 9.50. The van der Waals surface area contributed by atoms with Gasteiger partial charge in [-0.05, 0) is 50.4 Å². The molecule has 2 aliphatic rings. The molecule has 0 bridgehead atoms. The summed E-state index contributed by atoms with van der Waals surface area (Å²) in [5.41, 5.74) is 2.64. The highest BCUT2D eigenvalue weighted by atomic mass is 16.5. The van der Waals surface area contributed by atoms with Crippen LogP contribution in [0.5, 0.6) is 5.75 Å². The van der Waals surface area contributed by atoms with Crippen molar-refractivity contribution >= 4 is 30.6 Å². The Kier molecular flexibility index (Phi) is 4.69. The number of rotatable bonds is 4. The molecule has 8 heteroatoms. The summed E-state index contributed by atoms with van der Waals surface area (Å²) in [4.78, 5) is 8.95. The van der Waals surface area contributed by atoms with Gasteiger partial charge in [-0.2, -0.15) is 10.2 Å². The van der Waals surface area contributed by atoms with Crippen molar-refractivity contribution in [1.29, 1.82) is 5.26 Å². The van der Waals surface area contributed by atoms with Crippen LogP contribution in [0.1, 0.15) is 30.4 Å². The molecular weight excluding hydrogens is 341 g/mol. The van der Waals surface area contributed by atoms with Crippen molar-refractivity contribution in [3.8, 4) is 11.8 Å². The molecule has 2 atom stereocenters. The first-order chi connectivity index (χ1) is 13.1. The van der Waals surface area contributed by atoms with E-state index in [-0.39, 0.29) is 12.0 Å². The van der Waals surface area contributed by atoms with E-state index in [2.05, 4.69) is 26.7 Å². The van der Waals surface area contributed by atoms with Crippen LogP contribution in [0.4, 0.5) is 17.5 Å². The number of aryl methyl sites for hydroxylation is 1. The van der Waals surface area contributed by atoms with Crippen LogP contribution in [0.3, 0.4) is 0 Å². The zero-order chi connectivity index (χ0) is 18.8.